The SMILES string of the molecule is CCc1cnc(OC2CCC(Oc3c(F)cc(-c4ccc(S(C)(=O)=O)cc4)cc3F)CC2)nc1.CCc1cnc(OC2CCC(Oc3c(F)cc(Br)cc3F)CC2)nc1.CS(=O)(=O)c1ccc(B(O)O)cc1. The van der Waals surface area contributed by atoms with Gasteiger partial charge in [-0.05, 0) is 140 Å². The quantitative estimate of drug-likeness (QED) is 0.0775. The molecule has 14 nitrogen and oxygen atoms in total. The predicted octanol–water partition coefficient (Wildman–Crippen LogP) is 8.78. The van der Waals surface area contributed by atoms with Gasteiger partial charge in [0.25, 0.3) is 0 Å². The maximum atomic E-state index is 14.7. The average Bonchev–Trinajstić information content (AvgIpc) is 3.35. The molecule has 4 aromatic carbocycles. The molecule has 384 valence electrons. The summed E-state index contributed by atoms with van der Waals surface area (Å²) in [7, 11) is -8.12. The fourth-order valence-corrected chi connectivity index (χ4v) is 9.27. The summed E-state index contributed by atoms with van der Waals surface area (Å²) in [5, 5.41) is 17.4. The molecule has 0 aliphatic heterocycles. The van der Waals surface area contributed by atoms with Crippen molar-refractivity contribution >= 4 is 48.2 Å². The van der Waals surface area contributed by atoms with Gasteiger partial charge in [-0.2, -0.15) is 0 Å². The summed E-state index contributed by atoms with van der Waals surface area (Å²) in [4.78, 5) is 17.1. The molecule has 2 N–H and O–H groups in total. The molecule has 2 saturated carbocycles. The molecular weight excluding hydrogens is 1050 g/mol. The lowest BCUT2D eigenvalue weighted by atomic mass is 9.81. The van der Waals surface area contributed by atoms with Gasteiger partial charge >= 0.3 is 19.1 Å². The van der Waals surface area contributed by atoms with Crippen molar-refractivity contribution in [2.75, 3.05) is 12.5 Å². The molecule has 0 amide bonds. The van der Waals surface area contributed by atoms with E-state index in [9.17, 15) is 34.4 Å². The van der Waals surface area contributed by atoms with Crippen LogP contribution in [0.5, 0.6) is 23.5 Å². The van der Waals surface area contributed by atoms with E-state index < -0.39 is 55.8 Å². The fraction of sp³-hybridized carbons (Fsp3) is 0.360. The number of ether oxygens (including phenoxy) is 4. The smallest absolute Gasteiger partial charge is 0.484 e. The van der Waals surface area contributed by atoms with Gasteiger partial charge in [0.05, 0.1) is 22.0 Å². The van der Waals surface area contributed by atoms with Gasteiger partial charge < -0.3 is 29.0 Å². The van der Waals surface area contributed by atoms with Gasteiger partial charge in [-0.15, -0.1) is 0 Å². The van der Waals surface area contributed by atoms with Crippen LogP contribution in [0, 0.1) is 23.3 Å². The minimum atomic E-state index is -3.35. The second-order valence-corrected chi connectivity index (χ2v) is 22.1. The van der Waals surface area contributed by atoms with Crippen LogP contribution in [0.3, 0.4) is 0 Å². The number of halogens is 5. The standard InChI is InChI=1S/C25H26F2N2O4S.C18H19BrF2N2O2.C7H9BO4S/c1-3-16-14-28-25(29-15-16)33-20-8-6-19(7-9-20)32-24-22(26)12-18(13-23(24)27)17-4-10-21(11-5-17)34(2,30)31;1-2-11-9-22-18(23-10-11)25-14-5-3-13(4-6-14)24-17-15(20)7-12(19)8-16(17)21;1-13(11,12)7-4-2-6(3-5-7)8(9)10/h4-5,10-15,19-20H,3,6-9H2,1-2H3;7-10,13-14H,2-6H2,1H3;2-5,9-10H,1H3. The predicted molar refractivity (Wildman–Crippen MR) is 266 cm³/mol. The van der Waals surface area contributed by atoms with Crippen molar-refractivity contribution in [2.24, 2.45) is 0 Å². The first-order chi connectivity index (χ1) is 34.2. The first kappa shape index (κ1) is 55.6. The molecule has 2 fully saturated rings. The number of hydrogen-bond acceptors (Lipinski definition) is 14. The zero-order valence-corrected chi connectivity index (χ0v) is 43.1. The molecular formula is C50H54BBrF4N4O10S2. The third kappa shape index (κ3) is 16.2. The summed E-state index contributed by atoms with van der Waals surface area (Å²) in [6.45, 7) is 4.06. The first-order valence-corrected chi connectivity index (χ1v) is 27.6. The van der Waals surface area contributed by atoms with Crippen molar-refractivity contribution in [3.05, 3.63) is 136 Å². The molecule has 0 atom stereocenters. The van der Waals surface area contributed by atoms with Gasteiger partial charge in [0.2, 0.25) is 0 Å². The third-order valence-corrected chi connectivity index (χ3v) is 14.4. The van der Waals surface area contributed by atoms with E-state index in [0.717, 1.165) is 49.3 Å². The van der Waals surface area contributed by atoms with E-state index in [1.54, 1.807) is 24.8 Å². The lowest BCUT2D eigenvalue weighted by molar-refractivity contribution is 0.0705. The molecule has 2 aromatic heterocycles. The van der Waals surface area contributed by atoms with Gasteiger partial charge in [-0.3, -0.25) is 0 Å². The van der Waals surface area contributed by atoms with E-state index in [-0.39, 0.29) is 45.4 Å². The topological polar surface area (TPSA) is 197 Å². The number of hydrogen-bond donors (Lipinski definition) is 2. The number of rotatable bonds is 14. The lowest BCUT2D eigenvalue weighted by Gasteiger charge is -2.29. The van der Waals surface area contributed by atoms with E-state index >= 15 is 0 Å². The van der Waals surface area contributed by atoms with E-state index in [0.29, 0.717) is 66.1 Å². The Labute approximate surface area is 425 Å². The largest absolute Gasteiger partial charge is 0.488 e. The Hall–Kier alpha value is -5.68. The Morgan fingerprint density at radius 1 is 0.528 bits per heavy atom. The minimum absolute atomic E-state index is 0.00746. The van der Waals surface area contributed by atoms with Crippen molar-refractivity contribution in [3.8, 4) is 34.6 Å². The van der Waals surface area contributed by atoms with Crippen LogP contribution in [0.2, 0.25) is 0 Å². The number of nitrogens with zero attached hydrogens (tertiary/aromatic N) is 4. The van der Waals surface area contributed by atoms with Crippen LogP contribution in [-0.2, 0) is 32.5 Å². The average molecular weight is 1100 g/mol. The number of benzene rings is 4. The van der Waals surface area contributed by atoms with Gasteiger partial charge in [0.15, 0.2) is 54.4 Å². The van der Waals surface area contributed by atoms with Gasteiger partial charge in [0.1, 0.15) is 12.2 Å². The Kier molecular flexibility index (Phi) is 19.6. The molecule has 72 heavy (non-hydrogen) atoms. The summed E-state index contributed by atoms with van der Waals surface area (Å²) in [5.41, 5.74) is 3.16. The maximum absolute atomic E-state index is 14.7. The second-order valence-electron chi connectivity index (χ2n) is 17.2. The van der Waals surface area contributed by atoms with Crippen LogP contribution in [0.1, 0.15) is 76.3 Å². The van der Waals surface area contributed by atoms with Crippen molar-refractivity contribution in [1.29, 1.82) is 0 Å². The molecule has 22 heteroatoms. The van der Waals surface area contributed by atoms with E-state index in [1.165, 1.54) is 72.8 Å². The molecule has 0 radical (unpaired) electrons. The molecule has 0 saturated heterocycles. The second kappa shape index (κ2) is 25.3. The summed E-state index contributed by atoms with van der Waals surface area (Å²) in [5.74, 6) is -3.72. The summed E-state index contributed by atoms with van der Waals surface area (Å²) in [6, 6.07) is 16.7. The normalized spacial score (nSPS) is 17.8. The van der Waals surface area contributed by atoms with Crippen molar-refractivity contribution < 1.29 is 63.4 Å². The molecule has 2 aliphatic rings. The summed E-state index contributed by atoms with van der Waals surface area (Å²) < 4.78 is 126. The summed E-state index contributed by atoms with van der Waals surface area (Å²) in [6.07, 6.45) is 15.6. The summed E-state index contributed by atoms with van der Waals surface area (Å²) >= 11 is 3.06. The Morgan fingerprint density at radius 2 is 0.847 bits per heavy atom. The monoisotopic (exact) mass is 1100 g/mol. The number of aromatic nitrogens is 4. The van der Waals surface area contributed by atoms with Crippen LogP contribution in [0.15, 0.2) is 112 Å². The van der Waals surface area contributed by atoms with Crippen molar-refractivity contribution in [1.82, 2.24) is 19.9 Å². The number of sulfone groups is 2. The van der Waals surface area contributed by atoms with Crippen LogP contribution < -0.4 is 24.4 Å². The van der Waals surface area contributed by atoms with Gasteiger partial charge in [0, 0.05) is 41.8 Å². The highest BCUT2D eigenvalue weighted by atomic mass is 79.9. The molecule has 2 aliphatic carbocycles. The van der Waals surface area contributed by atoms with Crippen LogP contribution >= 0.6 is 15.9 Å². The zero-order valence-electron chi connectivity index (χ0n) is 39.9. The van der Waals surface area contributed by atoms with Crippen LogP contribution in [0.25, 0.3) is 11.1 Å². The highest BCUT2D eigenvalue weighted by molar-refractivity contribution is 9.10. The molecule has 0 spiro atoms. The van der Waals surface area contributed by atoms with Crippen molar-refractivity contribution in [2.45, 2.75) is 112 Å². The van der Waals surface area contributed by atoms with E-state index in [4.69, 9.17) is 29.0 Å². The maximum Gasteiger partial charge on any atom is 0.488 e. The molecule has 0 bridgehead atoms. The van der Waals surface area contributed by atoms with Gasteiger partial charge in [-0.25, -0.2) is 54.3 Å². The van der Waals surface area contributed by atoms with Gasteiger partial charge in [-0.1, -0.05) is 54.0 Å². The molecule has 0 unspecified atom stereocenters. The van der Waals surface area contributed by atoms with E-state index in [1.807, 2.05) is 13.8 Å². The Morgan fingerprint density at radius 3 is 1.17 bits per heavy atom. The highest BCUT2D eigenvalue weighted by Crippen LogP contribution is 2.34. The zero-order chi connectivity index (χ0) is 52.2. The third-order valence-electron chi connectivity index (χ3n) is 11.7. The Bertz CT molecular complexity index is 2910. The number of aryl methyl sites for hydroxylation is 2. The van der Waals surface area contributed by atoms with Crippen molar-refractivity contribution in [3.63, 3.8) is 0 Å². The molecule has 8 rings (SSSR count). The lowest BCUT2D eigenvalue weighted by Crippen LogP contribution is -2.30. The fourth-order valence-electron chi connectivity index (χ4n) is 7.60. The van der Waals surface area contributed by atoms with E-state index in [2.05, 4.69) is 35.9 Å². The molecule has 6 aromatic rings. The van der Waals surface area contributed by atoms with Crippen LogP contribution in [-0.4, -0.2) is 90.9 Å². The minimum Gasteiger partial charge on any atom is -0.484 e. The Balaban J connectivity index is 0.000000195. The first-order valence-electron chi connectivity index (χ1n) is 23.1. The highest BCUT2D eigenvalue weighted by Gasteiger charge is 2.28. The van der Waals surface area contributed by atoms with Crippen LogP contribution in [0.4, 0.5) is 17.6 Å². The molecule has 2 heterocycles.